The van der Waals surface area contributed by atoms with Crippen LogP contribution < -0.4 is 80.6 Å². The third-order valence-electron chi connectivity index (χ3n) is 17.6. The van der Waals surface area contributed by atoms with Gasteiger partial charge in [0.1, 0.15) is 66.0 Å². The third kappa shape index (κ3) is 24.7. The van der Waals surface area contributed by atoms with Gasteiger partial charge in [-0.2, -0.15) is 0 Å². The Morgan fingerprint density at radius 1 is 0.653 bits per heavy atom. The van der Waals surface area contributed by atoms with E-state index in [1.54, 1.807) is 62.4 Å². The molecule has 534 valence electrons. The number of esters is 1. The first-order valence-corrected chi connectivity index (χ1v) is 32.5. The van der Waals surface area contributed by atoms with E-state index in [1.807, 2.05) is 30.3 Å². The number of nitrogens with one attached hydrogen (secondary N) is 15. The quantitative estimate of drug-likeness (QED) is 0.0140. The van der Waals surface area contributed by atoms with Gasteiger partial charge in [0, 0.05) is 19.5 Å². The van der Waals surface area contributed by atoms with Crippen molar-refractivity contribution in [3.63, 3.8) is 0 Å². The van der Waals surface area contributed by atoms with Crippen LogP contribution in [0, 0.1) is 40.4 Å². The van der Waals surface area contributed by atoms with Crippen molar-refractivity contribution in [2.24, 2.45) is 41.1 Å². The maximum atomic E-state index is 14.6. The Morgan fingerprint density at radius 3 is 1.61 bits per heavy atom. The molecule has 1 aromatic carbocycles. The summed E-state index contributed by atoms with van der Waals surface area (Å²) in [5, 5.41) is 70.0. The van der Waals surface area contributed by atoms with Crippen LogP contribution in [-0.4, -0.2) is 199 Å². The lowest BCUT2D eigenvalue weighted by molar-refractivity contribution is -0.157. The van der Waals surface area contributed by atoms with Crippen molar-refractivity contribution in [2.45, 2.75) is 211 Å². The van der Waals surface area contributed by atoms with Gasteiger partial charge in [-0.25, -0.2) is 13.6 Å². The summed E-state index contributed by atoms with van der Waals surface area (Å²) < 4.78 is 33.3. The van der Waals surface area contributed by atoms with Gasteiger partial charge in [-0.15, -0.1) is 0 Å². The number of benzene rings is 1. The monoisotopic (exact) mass is 1350 g/mol. The lowest BCUT2D eigenvalue weighted by Gasteiger charge is -2.31. The molecule has 2 aliphatic rings. The SMILES string of the molecule is CC[C@H](C)[C@H](NC(=O)[C@@H](Cc1ccccc1)NC)C(=O)N[C@@H](CO)C(=O)N[C@H](CCCNC(=N)N)C(=O)N[C@@H](C(=O)N[C@H](C(=O)N[C@@H](CO)C(=O)N[C@H]1C(=O)N[C@@H](CCCNC(=N)N)C(=O)NC2(CC2CC(F)F)C(=O)N[C@@H]([C@@H](C)CC)C(=O)O[C@H]1C)[C@@H](C)CC)[C@@H](C)CC. The average molecular weight is 1350 g/mol. The Kier molecular flexibility index (Phi) is 33.7. The Labute approximate surface area is 553 Å². The van der Waals surface area contributed by atoms with Crippen molar-refractivity contribution in [3.8, 4) is 0 Å². The number of aliphatic hydroxyl groups excluding tert-OH is 2. The first-order valence-electron chi connectivity index (χ1n) is 32.5. The Morgan fingerprint density at radius 2 is 1.13 bits per heavy atom. The zero-order chi connectivity index (χ0) is 71.4. The molecule has 1 saturated carbocycles. The highest BCUT2D eigenvalue weighted by atomic mass is 19.3. The highest BCUT2D eigenvalue weighted by Gasteiger charge is 2.62. The van der Waals surface area contributed by atoms with Crippen molar-refractivity contribution in [2.75, 3.05) is 33.4 Å². The number of amides is 10. The molecule has 1 aromatic rings. The number of aliphatic hydroxyl groups is 2. The normalized spacial score (nSPS) is 22.4. The Bertz CT molecular complexity index is 2790. The molecule has 1 spiro atoms. The van der Waals surface area contributed by atoms with Gasteiger partial charge in [-0.3, -0.25) is 58.8 Å². The minimum Gasteiger partial charge on any atom is -0.458 e. The lowest BCUT2D eigenvalue weighted by Crippen LogP contribution is -2.63. The summed E-state index contributed by atoms with van der Waals surface area (Å²) >= 11 is 0. The number of halogens is 2. The highest BCUT2D eigenvalue weighted by Crippen LogP contribution is 2.48. The molecule has 2 unspecified atom stereocenters. The second-order valence-corrected chi connectivity index (χ2v) is 24.7. The highest BCUT2D eigenvalue weighted by molar-refractivity contribution is 6.01. The van der Waals surface area contributed by atoms with Gasteiger partial charge in [0.15, 0.2) is 11.9 Å². The summed E-state index contributed by atoms with van der Waals surface area (Å²) in [7, 11) is 1.60. The van der Waals surface area contributed by atoms with Crippen LogP contribution in [0.1, 0.15) is 132 Å². The summed E-state index contributed by atoms with van der Waals surface area (Å²) in [4.78, 5) is 156. The minimum atomic E-state index is -2.87. The maximum absolute atomic E-state index is 14.6. The van der Waals surface area contributed by atoms with E-state index in [1.165, 1.54) is 6.92 Å². The first kappa shape index (κ1) is 80.9. The number of guanidine groups is 2. The molecule has 1 heterocycles. The summed E-state index contributed by atoms with van der Waals surface area (Å²) in [5.41, 5.74) is 9.86. The van der Waals surface area contributed by atoms with Crippen LogP contribution in [0.2, 0.25) is 0 Å². The topological polar surface area (TPSA) is 494 Å². The molecule has 0 radical (unpaired) electrons. The van der Waals surface area contributed by atoms with Gasteiger partial charge in [0.05, 0.1) is 19.3 Å². The number of alkyl halides is 2. The predicted octanol–water partition coefficient (Wildman–Crippen LogP) is -2.65. The average Bonchev–Trinajstić information content (AvgIpc) is 1.58. The summed E-state index contributed by atoms with van der Waals surface area (Å²) in [6.45, 7) is 12.6. The van der Waals surface area contributed by atoms with Crippen molar-refractivity contribution < 1.29 is 76.5 Å². The minimum absolute atomic E-state index is 0.0140. The molecule has 1 aliphatic carbocycles. The molecule has 10 amide bonds. The maximum Gasteiger partial charge on any atom is 0.329 e. The predicted molar refractivity (Wildman–Crippen MR) is 346 cm³/mol. The molecular formula is C62H103F2N17O14. The number of likely N-dealkylation sites (N-methyl/N-ethyl adjacent to an activating group) is 1. The van der Waals surface area contributed by atoms with Gasteiger partial charge >= 0.3 is 5.97 Å². The lowest BCUT2D eigenvalue weighted by atomic mass is 9.94. The number of nitrogens with two attached hydrogens (primary N) is 2. The molecule has 1 saturated heterocycles. The van der Waals surface area contributed by atoms with Crippen LogP contribution in [0.4, 0.5) is 8.78 Å². The summed E-state index contributed by atoms with van der Waals surface area (Å²) in [6, 6.07) is -5.59. The van der Waals surface area contributed by atoms with Crippen LogP contribution >= 0.6 is 0 Å². The van der Waals surface area contributed by atoms with E-state index in [0.717, 1.165) is 5.56 Å². The van der Waals surface area contributed by atoms with Crippen LogP contribution in [0.5, 0.6) is 0 Å². The molecule has 31 nitrogen and oxygen atoms in total. The van der Waals surface area contributed by atoms with E-state index >= 15 is 0 Å². The standard InChI is InChI=1S/C62H103F2N17O14/c1-11-31(5)44(77-50(85)40(69-10)26-36-20-16-15-17-21-36)54(89)74-41(29-82)51(86)72-38(22-18-24-70-60(65)66)49(84)76-46(33(7)13-3)56(91)78-45(32(6)12-2)55(90)75-42(30-83)52(87)79-48-35(9)95-58(93)47(34(8)14-4)80-59(94)62(28-37(62)27-43(63)64)81-53(88)39(73-57(48)92)23-19-25-71-61(67)68/h15-17,20-21,31-35,37-48,69,82-83H,11-14,18-19,22-30H2,1-10H3,(H,72,86)(H,73,92)(H,74,89)(H,75,90)(H,76,84)(H,77,85)(H,78,91)(H,79,87)(H,80,94)(H,81,88)(H4,65,66,70)(H4,67,68,71)/t31-,32-,33-,34-,35-,37?,38+,39-,40+,41-,42-,44-,45-,46+,47-,48+,62?/m0/s1. The van der Waals surface area contributed by atoms with Crippen LogP contribution in [0.25, 0.3) is 0 Å². The fourth-order valence-corrected chi connectivity index (χ4v) is 10.6. The van der Waals surface area contributed by atoms with E-state index in [-0.39, 0.29) is 70.4 Å². The van der Waals surface area contributed by atoms with E-state index in [0.29, 0.717) is 12.8 Å². The number of carbonyl (C=O) groups is 11. The number of hydrogen-bond donors (Lipinski definition) is 19. The number of carbonyl (C=O) groups excluding carboxylic acids is 11. The smallest absolute Gasteiger partial charge is 0.329 e. The van der Waals surface area contributed by atoms with Crippen molar-refractivity contribution >= 4 is 77.0 Å². The van der Waals surface area contributed by atoms with Crippen molar-refractivity contribution in [1.82, 2.24) is 69.1 Å². The second-order valence-electron chi connectivity index (χ2n) is 24.7. The van der Waals surface area contributed by atoms with Gasteiger partial charge in [-0.05, 0) is 87.6 Å². The van der Waals surface area contributed by atoms with Crippen LogP contribution in [0.3, 0.4) is 0 Å². The zero-order valence-corrected chi connectivity index (χ0v) is 56.0. The van der Waals surface area contributed by atoms with Gasteiger partial charge in [-0.1, -0.05) is 111 Å². The molecule has 1 aliphatic heterocycles. The van der Waals surface area contributed by atoms with E-state index in [2.05, 4.69) is 69.1 Å². The fraction of sp³-hybridized carbons (Fsp3) is 0.694. The van der Waals surface area contributed by atoms with Gasteiger partial charge in [0.2, 0.25) is 65.5 Å². The van der Waals surface area contributed by atoms with Crippen LogP contribution in [-0.2, 0) is 63.9 Å². The van der Waals surface area contributed by atoms with Crippen LogP contribution in [0.15, 0.2) is 30.3 Å². The molecular weight excluding hydrogens is 1240 g/mol. The van der Waals surface area contributed by atoms with Crippen molar-refractivity contribution in [1.29, 1.82) is 10.8 Å². The second kappa shape index (κ2) is 39.5. The summed E-state index contributed by atoms with van der Waals surface area (Å²) in [5.74, 6) is -14.9. The number of ether oxygens (including phenoxy) is 1. The Hall–Kier alpha value is -8.33. The molecule has 0 aromatic heterocycles. The molecule has 95 heavy (non-hydrogen) atoms. The molecule has 17 atom stereocenters. The molecule has 0 bridgehead atoms. The summed E-state index contributed by atoms with van der Waals surface area (Å²) in [6.07, 6.45) is -4.23. The van der Waals surface area contributed by atoms with Gasteiger partial charge in [0.25, 0.3) is 0 Å². The van der Waals surface area contributed by atoms with E-state index in [9.17, 15) is 71.7 Å². The molecule has 33 heteroatoms. The molecule has 3 rings (SSSR count). The van der Waals surface area contributed by atoms with E-state index in [4.69, 9.17) is 27.0 Å². The van der Waals surface area contributed by atoms with Gasteiger partial charge < -0.3 is 95.5 Å². The number of rotatable bonds is 37. The fourth-order valence-electron chi connectivity index (χ4n) is 10.6. The number of cyclic esters (lactones) is 1. The third-order valence-corrected chi connectivity index (χ3v) is 17.6. The van der Waals surface area contributed by atoms with E-state index < -0.39 is 199 Å². The Balaban J connectivity index is 1.93. The molecule has 2 fully saturated rings. The largest absolute Gasteiger partial charge is 0.458 e. The first-order chi connectivity index (χ1) is 44.9. The molecule has 21 N–H and O–H groups in total. The van der Waals surface area contributed by atoms with Crippen molar-refractivity contribution in [3.05, 3.63) is 35.9 Å². The number of hydrogen-bond acceptors (Lipinski definition) is 17. The zero-order valence-electron chi connectivity index (χ0n) is 56.0.